The maximum Gasteiger partial charge on any atom is 0.311 e. The molecule has 6 heteroatoms. The number of carbonyl (C=O) groups excluding carboxylic acids is 3. The molecule has 1 aliphatic rings. The molecule has 0 unspecified atom stereocenters. The number of ether oxygens (including phenoxy) is 1. The van der Waals surface area contributed by atoms with Gasteiger partial charge in [-0.1, -0.05) is 31.5 Å². The van der Waals surface area contributed by atoms with Crippen LogP contribution >= 0.6 is 0 Å². The van der Waals surface area contributed by atoms with Gasteiger partial charge in [-0.15, -0.1) is 0 Å². The number of aryl methyl sites for hydroxylation is 1. The Morgan fingerprint density at radius 3 is 2.58 bits per heavy atom. The van der Waals surface area contributed by atoms with Crippen LogP contribution in [-0.4, -0.2) is 37.5 Å². The van der Waals surface area contributed by atoms with Crippen LogP contribution in [-0.2, 0) is 19.1 Å². The van der Waals surface area contributed by atoms with Crippen molar-refractivity contribution in [2.24, 2.45) is 11.8 Å². The molecule has 0 spiro atoms. The number of anilines is 1. The molecule has 130 valence electrons. The van der Waals surface area contributed by atoms with E-state index in [0.29, 0.717) is 12.5 Å². The van der Waals surface area contributed by atoms with Gasteiger partial charge in [-0.05, 0) is 25.0 Å². The minimum atomic E-state index is -0.531. The van der Waals surface area contributed by atoms with Crippen molar-refractivity contribution in [2.75, 3.05) is 24.6 Å². The summed E-state index contributed by atoms with van der Waals surface area (Å²) in [7, 11) is 0. The second-order valence-corrected chi connectivity index (χ2v) is 6.55. The molecule has 2 amide bonds. The van der Waals surface area contributed by atoms with Crippen LogP contribution < -0.4 is 10.2 Å². The third-order valence-electron chi connectivity index (χ3n) is 3.86. The third kappa shape index (κ3) is 4.81. The molecular formula is C18H24N2O4. The normalized spacial score (nSPS) is 17.2. The van der Waals surface area contributed by atoms with Crippen LogP contribution in [0.2, 0.25) is 0 Å². The zero-order valence-corrected chi connectivity index (χ0v) is 14.4. The summed E-state index contributed by atoms with van der Waals surface area (Å²) in [6.07, 6.45) is 0.111. The number of benzene rings is 1. The molecule has 0 bridgehead atoms. The molecule has 0 radical (unpaired) electrons. The first-order chi connectivity index (χ1) is 11.4. The lowest BCUT2D eigenvalue weighted by Gasteiger charge is -2.16. The number of hydrogen-bond donors (Lipinski definition) is 1. The van der Waals surface area contributed by atoms with E-state index >= 15 is 0 Å². The number of rotatable bonds is 6. The molecule has 1 saturated heterocycles. The summed E-state index contributed by atoms with van der Waals surface area (Å²) in [5, 5.41) is 2.68. The van der Waals surface area contributed by atoms with Crippen LogP contribution in [0.4, 0.5) is 5.69 Å². The number of carbonyl (C=O) groups is 3. The van der Waals surface area contributed by atoms with Gasteiger partial charge in [-0.3, -0.25) is 14.4 Å². The molecule has 1 aliphatic heterocycles. The van der Waals surface area contributed by atoms with Crippen LogP contribution in [0.1, 0.15) is 25.8 Å². The molecule has 2 rings (SSSR count). The quantitative estimate of drug-likeness (QED) is 0.804. The predicted molar refractivity (Wildman–Crippen MR) is 90.4 cm³/mol. The number of hydrogen-bond acceptors (Lipinski definition) is 4. The molecule has 1 fully saturated rings. The molecule has 1 aromatic carbocycles. The minimum absolute atomic E-state index is 0.106. The average molecular weight is 332 g/mol. The first-order valence-electron chi connectivity index (χ1n) is 8.17. The molecule has 1 N–H and O–H groups in total. The molecule has 1 aromatic rings. The van der Waals surface area contributed by atoms with Gasteiger partial charge in [0.1, 0.15) is 0 Å². The second kappa shape index (κ2) is 7.95. The molecule has 1 heterocycles. The summed E-state index contributed by atoms with van der Waals surface area (Å²) in [5.41, 5.74) is 1.88. The van der Waals surface area contributed by atoms with Crippen LogP contribution in [0.15, 0.2) is 24.3 Å². The van der Waals surface area contributed by atoms with E-state index in [9.17, 15) is 14.4 Å². The summed E-state index contributed by atoms with van der Waals surface area (Å²) in [6, 6.07) is 7.57. The Morgan fingerprint density at radius 2 is 1.96 bits per heavy atom. The van der Waals surface area contributed by atoms with E-state index in [0.717, 1.165) is 11.3 Å². The van der Waals surface area contributed by atoms with Gasteiger partial charge in [-0.2, -0.15) is 0 Å². The van der Waals surface area contributed by atoms with Crippen molar-refractivity contribution >= 4 is 23.5 Å². The summed E-state index contributed by atoms with van der Waals surface area (Å²) < 4.78 is 5.04. The van der Waals surface area contributed by atoms with E-state index in [1.807, 2.05) is 45.0 Å². The van der Waals surface area contributed by atoms with E-state index in [1.165, 1.54) is 0 Å². The Hall–Kier alpha value is -2.37. The standard InChI is InChI=1S/C18H24N2O4/c1-12(2)9-19-16(21)11-24-18(23)14-8-17(22)20(10-14)15-6-4-13(3)5-7-15/h4-7,12,14H,8-11H2,1-3H3,(H,19,21)/t14-/m0/s1. The Kier molecular flexibility index (Phi) is 5.95. The van der Waals surface area contributed by atoms with Crippen molar-refractivity contribution in [1.82, 2.24) is 5.32 Å². The maximum absolute atomic E-state index is 12.1. The Morgan fingerprint density at radius 1 is 1.29 bits per heavy atom. The summed E-state index contributed by atoms with van der Waals surface area (Å²) >= 11 is 0. The van der Waals surface area contributed by atoms with Gasteiger partial charge in [0, 0.05) is 25.2 Å². The Balaban J connectivity index is 1.85. The molecular weight excluding hydrogens is 308 g/mol. The molecule has 24 heavy (non-hydrogen) atoms. The number of nitrogens with one attached hydrogen (secondary N) is 1. The van der Waals surface area contributed by atoms with Crippen molar-refractivity contribution in [1.29, 1.82) is 0 Å². The van der Waals surface area contributed by atoms with E-state index < -0.39 is 11.9 Å². The number of amides is 2. The lowest BCUT2D eigenvalue weighted by Crippen LogP contribution is -2.33. The van der Waals surface area contributed by atoms with Gasteiger partial charge in [-0.25, -0.2) is 0 Å². The SMILES string of the molecule is Cc1ccc(N2C[C@@H](C(=O)OCC(=O)NCC(C)C)CC2=O)cc1. The van der Waals surface area contributed by atoms with Gasteiger partial charge in [0.15, 0.2) is 6.61 Å². The maximum atomic E-state index is 12.1. The zero-order chi connectivity index (χ0) is 17.7. The topological polar surface area (TPSA) is 75.7 Å². The highest BCUT2D eigenvalue weighted by atomic mass is 16.5. The van der Waals surface area contributed by atoms with Crippen molar-refractivity contribution in [3.05, 3.63) is 29.8 Å². The van der Waals surface area contributed by atoms with Crippen molar-refractivity contribution < 1.29 is 19.1 Å². The van der Waals surface area contributed by atoms with Gasteiger partial charge >= 0.3 is 5.97 Å². The number of nitrogens with zero attached hydrogens (tertiary/aromatic N) is 1. The Bertz CT molecular complexity index is 610. The lowest BCUT2D eigenvalue weighted by atomic mass is 10.1. The first kappa shape index (κ1) is 18.0. The summed E-state index contributed by atoms with van der Waals surface area (Å²) in [6.45, 7) is 6.46. The van der Waals surface area contributed by atoms with Gasteiger partial charge < -0.3 is 15.0 Å². The number of esters is 1. The van der Waals surface area contributed by atoms with Crippen molar-refractivity contribution in [2.45, 2.75) is 27.2 Å². The highest BCUT2D eigenvalue weighted by Crippen LogP contribution is 2.26. The van der Waals surface area contributed by atoms with Crippen molar-refractivity contribution in [3.8, 4) is 0 Å². The zero-order valence-electron chi connectivity index (χ0n) is 14.4. The molecule has 0 aliphatic carbocycles. The minimum Gasteiger partial charge on any atom is -0.455 e. The fourth-order valence-electron chi connectivity index (χ4n) is 2.46. The molecule has 0 saturated carbocycles. The highest BCUT2D eigenvalue weighted by molar-refractivity contribution is 5.99. The Labute approximate surface area is 142 Å². The fourth-order valence-corrected chi connectivity index (χ4v) is 2.46. The van der Waals surface area contributed by atoms with Crippen LogP contribution in [0, 0.1) is 18.8 Å². The van der Waals surface area contributed by atoms with E-state index in [-0.39, 0.29) is 31.4 Å². The highest BCUT2D eigenvalue weighted by Gasteiger charge is 2.36. The average Bonchev–Trinajstić information content (AvgIpc) is 2.93. The summed E-state index contributed by atoms with van der Waals surface area (Å²) in [4.78, 5) is 37.4. The van der Waals surface area contributed by atoms with E-state index in [1.54, 1.807) is 4.90 Å². The van der Waals surface area contributed by atoms with Crippen LogP contribution in [0.25, 0.3) is 0 Å². The lowest BCUT2D eigenvalue weighted by molar-refractivity contribution is -0.152. The predicted octanol–water partition coefficient (Wildman–Crippen LogP) is 1.66. The first-order valence-corrected chi connectivity index (χ1v) is 8.17. The molecule has 6 nitrogen and oxygen atoms in total. The third-order valence-corrected chi connectivity index (χ3v) is 3.86. The van der Waals surface area contributed by atoms with E-state index in [2.05, 4.69) is 5.32 Å². The van der Waals surface area contributed by atoms with Gasteiger partial charge in [0.25, 0.3) is 5.91 Å². The monoisotopic (exact) mass is 332 g/mol. The smallest absolute Gasteiger partial charge is 0.311 e. The van der Waals surface area contributed by atoms with Crippen LogP contribution in [0.5, 0.6) is 0 Å². The van der Waals surface area contributed by atoms with Crippen LogP contribution in [0.3, 0.4) is 0 Å². The fraction of sp³-hybridized carbons (Fsp3) is 0.500. The second-order valence-electron chi connectivity index (χ2n) is 6.55. The van der Waals surface area contributed by atoms with Gasteiger partial charge in [0.2, 0.25) is 5.91 Å². The van der Waals surface area contributed by atoms with Crippen molar-refractivity contribution in [3.63, 3.8) is 0 Å². The largest absolute Gasteiger partial charge is 0.455 e. The van der Waals surface area contributed by atoms with Gasteiger partial charge in [0.05, 0.1) is 5.92 Å². The summed E-state index contributed by atoms with van der Waals surface area (Å²) in [5.74, 6) is -1.13. The molecule has 0 aromatic heterocycles. The molecule has 1 atom stereocenters. The van der Waals surface area contributed by atoms with E-state index in [4.69, 9.17) is 4.74 Å².